The standard InChI is InChI=1S/C32H28F2N2O6/c1-40-22-14-6-17(7-15-22)23-16-24-27(29(37)26(23)31(38)41-2)25(18-4-8-19(33)9-5-18)28(32(39)42-3)30(35)36(24)21-12-10-20(34)11-13-21/h4-15,23,25-26H,16,35H2,1-3H3/t23-,25-,26-/m1/s1. The zero-order chi connectivity index (χ0) is 30.1. The molecule has 42 heavy (non-hydrogen) atoms. The molecule has 0 spiro atoms. The van der Waals surface area contributed by atoms with E-state index in [-0.39, 0.29) is 23.4 Å². The molecule has 0 fully saturated rings. The lowest BCUT2D eigenvalue weighted by molar-refractivity contribution is -0.150. The van der Waals surface area contributed by atoms with Crippen molar-refractivity contribution in [3.8, 4) is 5.75 Å². The van der Waals surface area contributed by atoms with Gasteiger partial charge in [0.1, 0.15) is 29.1 Å². The Balaban J connectivity index is 1.80. The first-order valence-electron chi connectivity index (χ1n) is 13.1. The van der Waals surface area contributed by atoms with Crippen molar-refractivity contribution in [1.29, 1.82) is 0 Å². The quantitative estimate of drug-likeness (QED) is 0.333. The Hall–Kier alpha value is -4.99. The molecule has 3 atom stereocenters. The summed E-state index contributed by atoms with van der Waals surface area (Å²) >= 11 is 0. The van der Waals surface area contributed by atoms with Crippen LogP contribution in [0.4, 0.5) is 14.5 Å². The zero-order valence-electron chi connectivity index (χ0n) is 23.1. The number of carbonyl (C=O) groups excluding carboxylic acids is 3. The number of carbonyl (C=O) groups is 3. The monoisotopic (exact) mass is 574 g/mol. The number of hydrogen-bond acceptors (Lipinski definition) is 8. The molecule has 3 aromatic carbocycles. The lowest BCUT2D eigenvalue weighted by Gasteiger charge is -2.44. The van der Waals surface area contributed by atoms with Crippen LogP contribution in [0.15, 0.2) is 95.5 Å². The maximum atomic E-state index is 14.6. The van der Waals surface area contributed by atoms with Crippen LogP contribution in [-0.2, 0) is 23.9 Å². The highest BCUT2D eigenvalue weighted by Gasteiger charge is 2.51. The smallest absolute Gasteiger partial charge is 0.338 e. The van der Waals surface area contributed by atoms with E-state index in [0.29, 0.717) is 28.3 Å². The fourth-order valence-electron chi connectivity index (χ4n) is 5.77. The van der Waals surface area contributed by atoms with Crippen LogP contribution >= 0.6 is 0 Å². The minimum Gasteiger partial charge on any atom is -0.497 e. The molecule has 10 heteroatoms. The molecule has 1 aliphatic heterocycles. The number of nitrogens with zero attached hydrogens (tertiary/aromatic N) is 1. The van der Waals surface area contributed by atoms with E-state index in [1.165, 1.54) is 74.8 Å². The topological polar surface area (TPSA) is 108 Å². The number of ketones is 1. The molecule has 5 rings (SSSR count). The molecule has 0 saturated heterocycles. The van der Waals surface area contributed by atoms with E-state index in [4.69, 9.17) is 19.9 Å². The fourth-order valence-corrected chi connectivity index (χ4v) is 5.77. The molecule has 0 radical (unpaired) electrons. The summed E-state index contributed by atoms with van der Waals surface area (Å²) in [6.07, 6.45) is 0.122. The highest BCUT2D eigenvalue weighted by Crippen LogP contribution is 2.51. The van der Waals surface area contributed by atoms with Crippen molar-refractivity contribution in [3.05, 3.63) is 118 Å². The number of hydrogen-bond donors (Lipinski definition) is 1. The van der Waals surface area contributed by atoms with Crippen LogP contribution in [0.25, 0.3) is 0 Å². The summed E-state index contributed by atoms with van der Waals surface area (Å²) in [7, 11) is 3.90. The second kappa shape index (κ2) is 11.5. The summed E-state index contributed by atoms with van der Waals surface area (Å²) in [6.45, 7) is 0. The first-order valence-corrected chi connectivity index (χ1v) is 13.1. The van der Waals surface area contributed by atoms with Gasteiger partial charge in [0, 0.05) is 22.9 Å². The number of methoxy groups -OCH3 is 3. The van der Waals surface area contributed by atoms with Gasteiger partial charge in [0.05, 0.1) is 32.8 Å². The normalized spacial score (nSPS) is 20.3. The number of allylic oxidation sites excluding steroid dienone is 2. The molecular weight excluding hydrogens is 546 g/mol. The van der Waals surface area contributed by atoms with E-state index in [1.807, 2.05) is 0 Å². The second-order valence-electron chi connectivity index (χ2n) is 9.90. The van der Waals surface area contributed by atoms with Crippen LogP contribution in [0.1, 0.15) is 29.4 Å². The Morgan fingerprint density at radius 2 is 1.40 bits per heavy atom. The van der Waals surface area contributed by atoms with Gasteiger partial charge in [0.15, 0.2) is 5.78 Å². The molecule has 0 aromatic heterocycles. The van der Waals surface area contributed by atoms with Crippen molar-refractivity contribution in [2.24, 2.45) is 11.7 Å². The van der Waals surface area contributed by atoms with Crippen LogP contribution in [0.3, 0.4) is 0 Å². The van der Waals surface area contributed by atoms with Gasteiger partial charge in [0.25, 0.3) is 0 Å². The number of benzene rings is 3. The molecule has 0 bridgehead atoms. The third-order valence-electron chi connectivity index (χ3n) is 7.73. The number of halogens is 2. The summed E-state index contributed by atoms with van der Waals surface area (Å²) in [5.41, 5.74) is 8.60. The van der Waals surface area contributed by atoms with Crippen LogP contribution in [0.2, 0.25) is 0 Å². The van der Waals surface area contributed by atoms with E-state index >= 15 is 0 Å². The minimum absolute atomic E-state index is 0.0423. The first kappa shape index (κ1) is 28.5. The zero-order valence-corrected chi connectivity index (χ0v) is 23.1. The molecule has 1 heterocycles. The molecule has 8 nitrogen and oxygen atoms in total. The number of anilines is 1. The first-order chi connectivity index (χ1) is 20.2. The predicted octanol–water partition coefficient (Wildman–Crippen LogP) is 4.72. The van der Waals surface area contributed by atoms with Gasteiger partial charge in [-0.25, -0.2) is 13.6 Å². The van der Waals surface area contributed by atoms with Crippen molar-refractivity contribution >= 4 is 23.4 Å². The van der Waals surface area contributed by atoms with E-state index in [0.717, 1.165) is 0 Å². The van der Waals surface area contributed by atoms with E-state index in [2.05, 4.69) is 0 Å². The van der Waals surface area contributed by atoms with Gasteiger partial charge in [-0.05, 0) is 66.1 Å². The van der Waals surface area contributed by atoms with Gasteiger partial charge in [-0.3, -0.25) is 14.5 Å². The number of rotatable bonds is 6. The Labute approximate surface area is 241 Å². The van der Waals surface area contributed by atoms with Crippen LogP contribution in [0.5, 0.6) is 5.75 Å². The van der Waals surface area contributed by atoms with Crippen molar-refractivity contribution in [1.82, 2.24) is 0 Å². The average molecular weight is 575 g/mol. The van der Waals surface area contributed by atoms with Crippen molar-refractivity contribution in [2.45, 2.75) is 18.3 Å². The molecule has 0 saturated carbocycles. The largest absolute Gasteiger partial charge is 0.497 e. The molecule has 2 N–H and O–H groups in total. The molecular formula is C32H28F2N2O6. The highest BCUT2D eigenvalue weighted by molar-refractivity contribution is 6.14. The minimum atomic E-state index is -1.27. The maximum Gasteiger partial charge on any atom is 0.338 e. The number of Topliss-reactive ketones (excluding diaryl/α,β-unsaturated/α-hetero) is 1. The summed E-state index contributed by atoms with van der Waals surface area (Å²) in [6, 6.07) is 17.7. The Morgan fingerprint density at radius 1 is 0.833 bits per heavy atom. The van der Waals surface area contributed by atoms with Gasteiger partial charge in [-0.1, -0.05) is 24.3 Å². The van der Waals surface area contributed by atoms with Crippen LogP contribution in [0, 0.1) is 17.6 Å². The van der Waals surface area contributed by atoms with Gasteiger partial charge in [-0.15, -0.1) is 0 Å². The van der Waals surface area contributed by atoms with E-state index in [1.54, 1.807) is 24.3 Å². The summed E-state index contributed by atoms with van der Waals surface area (Å²) < 4.78 is 43.4. The second-order valence-corrected chi connectivity index (χ2v) is 9.90. The summed E-state index contributed by atoms with van der Waals surface area (Å²) in [5.74, 6) is -5.65. The third-order valence-corrected chi connectivity index (χ3v) is 7.73. The number of esters is 2. The number of ether oxygens (including phenoxy) is 3. The molecule has 0 unspecified atom stereocenters. The Morgan fingerprint density at radius 3 is 1.95 bits per heavy atom. The molecule has 0 amide bonds. The van der Waals surface area contributed by atoms with Gasteiger partial charge >= 0.3 is 11.9 Å². The van der Waals surface area contributed by atoms with Crippen molar-refractivity contribution < 1.29 is 37.4 Å². The SMILES string of the molecule is COC(=O)C1=C(N)N(c2ccc(F)cc2)C2=C(C(=O)[C@H](C(=O)OC)[C@@H](c3ccc(OC)cc3)C2)[C@H]1c1ccc(F)cc1. The number of nitrogens with two attached hydrogens (primary N) is 1. The lowest BCUT2D eigenvalue weighted by Crippen LogP contribution is -2.46. The lowest BCUT2D eigenvalue weighted by atomic mass is 9.67. The third kappa shape index (κ3) is 4.89. The Kier molecular flexibility index (Phi) is 7.80. The van der Waals surface area contributed by atoms with E-state index < -0.39 is 47.1 Å². The van der Waals surface area contributed by atoms with Crippen LogP contribution < -0.4 is 15.4 Å². The van der Waals surface area contributed by atoms with Gasteiger partial charge < -0.3 is 19.9 Å². The molecule has 3 aromatic rings. The average Bonchev–Trinajstić information content (AvgIpc) is 3.01. The van der Waals surface area contributed by atoms with Crippen molar-refractivity contribution in [3.63, 3.8) is 0 Å². The highest BCUT2D eigenvalue weighted by atomic mass is 19.1. The van der Waals surface area contributed by atoms with Crippen LogP contribution in [-0.4, -0.2) is 39.1 Å². The van der Waals surface area contributed by atoms with E-state index in [9.17, 15) is 23.2 Å². The summed E-state index contributed by atoms with van der Waals surface area (Å²) in [4.78, 5) is 42.6. The van der Waals surface area contributed by atoms with Gasteiger partial charge in [-0.2, -0.15) is 0 Å². The molecule has 2 aliphatic rings. The van der Waals surface area contributed by atoms with Crippen molar-refractivity contribution in [2.75, 3.05) is 26.2 Å². The Bertz CT molecular complexity index is 1600. The van der Waals surface area contributed by atoms with Gasteiger partial charge in [0.2, 0.25) is 0 Å². The maximum absolute atomic E-state index is 14.6. The fraction of sp³-hybridized carbons (Fsp3) is 0.219. The molecule has 216 valence electrons. The summed E-state index contributed by atoms with van der Waals surface area (Å²) in [5, 5.41) is 0. The molecule has 1 aliphatic carbocycles. The predicted molar refractivity (Wildman–Crippen MR) is 149 cm³/mol.